The predicted octanol–water partition coefficient (Wildman–Crippen LogP) is 0.796. The van der Waals surface area contributed by atoms with Gasteiger partial charge in [-0.25, -0.2) is 0 Å². The van der Waals surface area contributed by atoms with Gasteiger partial charge in [-0.2, -0.15) is 0 Å². The summed E-state index contributed by atoms with van der Waals surface area (Å²) < 4.78 is 0. The Morgan fingerprint density at radius 2 is 2.17 bits per heavy atom. The molecule has 3 N–H and O–H groups in total. The molecule has 96 valence electrons. The Balaban J connectivity index is 1.94. The number of para-hydroxylation sites is 1. The van der Waals surface area contributed by atoms with Gasteiger partial charge in [0, 0.05) is 17.8 Å². The van der Waals surface area contributed by atoms with E-state index in [1.54, 1.807) is 0 Å². The van der Waals surface area contributed by atoms with E-state index in [1.165, 1.54) is 0 Å². The highest BCUT2D eigenvalue weighted by atomic mass is 16.2. The molecule has 2 rings (SSSR count). The quantitative estimate of drug-likeness (QED) is 0.720. The third kappa shape index (κ3) is 2.68. The van der Waals surface area contributed by atoms with Crippen molar-refractivity contribution in [2.75, 3.05) is 18.4 Å². The lowest BCUT2D eigenvalue weighted by atomic mass is 10.1. The highest BCUT2D eigenvalue weighted by Crippen LogP contribution is 2.29. The first-order valence-electron chi connectivity index (χ1n) is 6.12. The van der Waals surface area contributed by atoms with Gasteiger partial charge in [0.1, 0.15) is 6.04 Å². The van der Waals surface area contributed by atoms with Crippen LogP contribution in [-0.2, 0) is 9.59 Å². The number of carbonyl (C=O) groups excluding carboxylic acids is 2. The molecule has 0 fully saturated rings. The molecular weight excluding hydrogens is 230 g/mol. The molecule has 1 aliphatic heterocycles. The van der Waals surface area contributed by atoms with Crippen molar-refractivity contribution in [3.05, 3.63) is 29.8 Å². The lowest BCUT2D eigenvalue weighted by molar-refractivity contribution is -0.121. The zero-order chi connectivity index (χ0) is 13.0. The van der Waals surface area contributed by atoms with Gasteiger partial charge in [0.05, 0.1) is 6.54 Å². The summed E-state index contributed by atoms with van der Waals surface area (Å²) in [5.74, 6) is -0.200. The van der Waals surface area contributed by atoms with Crippen LogP contribution in [0.15, 0.2) is 24.3 Å². The Morgan fingerprint density at radius 3 is 2.94 bits per heavy atom. The number of fused-ring (bicyclic) bond motifs is 1. The number of nitrogens with one attached hydrogen (secondary N) is 3. The number of carbonyl (C=O) groups is 2. The van der Waals surface area contributed by atoms with Crippen molar-refractivity contribution in [2.24, 2.45) is 0 Å². The summed E-state index contributed by atoms with van der Waals surface area (Å²) in [5.41, 5.74) is 1.71. The van der Waals surface area contributed by atoms with Crippen LogP contribution in [0.2, 0.25) is 0 Å². The van der Waals surface area contributed by atoms with Crippen LogP contribution in [0.25, 0.3) is 0 Å². The molecule has 0 radical (unpaired) electrons. The topological polar surface area (TPSA) is 70.2 Å². The van der Waals surface area contributed by atoms with E-state index in [1.807, 2.05) is 31.2 Å². The maximum Gasteiger partial charge on any atom is 0.246 e. The highest BCUT2D eigenvalue weighted by Gasteiger charge is 2.29. The summed E-state index contributed by atoms with van der Waals surface area (Å²) >= 11 is 0. The number of rotatable bonds is 5. The van der Waals surface area contributed by atoms with E-state index < -0.39 is 6.04 Å². The van der Waals surface area contributed by atoms with Crippen LogP contribution in [-0.4, -0.2) is 24.9 Å². The molecule has 0 aliphatic carbocycles. The second-order valence-corrected chi connectivity index (χ2v) is 4.24. The molecule has 1 aromatic carbocycles. The molecule has 1 aliphatic rings. The molecule has 0 saturated heterocycles. The molecule has 1 unspecified atom stereocenters. The van der Waals surface area contributed by atoms with E-state index in [0.29, 0.717) is 6.54 Å². The monoisotopic (exact) mass is 247 g/mol. The van der Waals surface area contributed by atoms with Gasteiger partial charge in [-0.05, 0) is 12.5 Å². The summed E-state index contributed by atoms with van der Waals surface area (Å²) in [4.78, 5) is 23.2. The number of amides is 2. The smallest absolute Gasteiger partial charge is 0.246 e. The Morgan fingerprint density at radius 1 is 1.39 bits per heavy atom. The van der Waals surface area contributed by atoms with Gasteiger partial charge in [0.25, 0.3) is 0 Å². The molecule has 18 heavy (non-hydrogen) atoms. The minimum atomic E-state index is -0.437. The SMILES string of the molecule is CCCNC(=O)CNC1C(=O)Nc2ccccc21. The Bertz CT molecular complexity index is 459. The number of anilines is 1. The maximum absolute atomic E-state index is 11.8. The van der Waals surface area contributed by atoms with Crippen molar-refractivity contribution in [2.45, 2.75) is 19.4 Å². The van der Waals surface area contributed by atoms with Crippen molar-refractivity contribution in [1.82, 2.24) is 10.6 Å². The number of benzene rings is 1. The lowest BCUT2D eigenvalue weighted by Gasteiger charge is -2.11. The van der Waals surface area contributed by atoms with Crippen molar-refractivity contribution in [3.63, 3.8) is 0 Å². The zero-order valence-electron chi connectivity index (χ0n) is 10.3. The van der Waals surface area contributed by atoms with Gasteiger partial charge in [0.2, 0.25) is 11.8 Å². The molecule has 1 heterocycles. The lowest BCUT2D eigenvalue weighted by Crippen LogP contribution is -2.38. The average molecular weight is 247 g/mol. The Hall–Kier alpha value is -1.88. The van der Waals surface area contributed by atoms with Gasteiger partial charge < -0.3 is 10.6 Å². The first kappa shape index (κ1) is 12.6. The molecule has 5 heteroatoms. The fourth-order valence-electron chi connectivity index (χ4n) is 1.93. The van der Waals surface area contributed by atoms with Crippen LogP contribution in [0, 0.1) is 0 Å². The van der Waals surface area contributed by atoms with Gasteiger partial charge in [-0.1, -0.05) is 25.1 Å². The number of hydrogen-bond acceptors (Lipinski definition) is 3. The first-order chi connectivity index (χ1) is 8.72. The standard InChI is InChI=1S/C13H17N3O2/c1-2-7-14-11(17)8-15-12-9-5-3-4-6-10(9)16-13(12)18/h3-6,12,15H,2,7-8H2,1H3,(H,14,17)(H,16,18). The average Bonchev–Trinajstić information content (AvgIpc) is 2.69. The van der Waals surface area contributed by atoms with E-state index in [0.717, 1.165) is 17.7 Å². The van der Waals surface area contributed by atoms with Gasteiger partial charge >= 0.3 is 0 Å². The second-order valence-electron chi connectivity index (χ2n) is 4.24. The fourth-order valence-corrected chi connectivity index (χ4v) is 1.93. The van der Waals surface area contributed by atoms with Crippen LogP contribution in [0.4, 0.5) is 5.69 Å². The normalized spacial score (nSPS) is 17.2. The summed E-state index contributed by atoms with van der Waals surface area (Å²) in [6, 6.07) is 7.05. The van der Waals surface area contributed by atoms with Crippen molar-refractivity contribution in [3.8, 4) is 0 Å². The summed E-state index contributed by atoms with van der Waals surface area (Å²) in [6.07, 6.45) is 0.901. The van der Waals surface area contributed by atoms with Crippen molar-refractivity contribution in [1.29, 1.82) is 0 Å². The van der Waals surface area contributed by atoms with Crippen LogP contribution < -0.4 is 16.0 Å². The molecule has 2 amide bonds. The minimum absolute atomic E-state index is 0.0889. The van der Waals surface area contributed by atoms with E-state index in [-0.39, 0.29) is 18.4 Å². The summed E-state index contributed by atoms with van der Waals surface area (Å²) in [6.45, 7) is 2.80. The molecule has 0 aromatic heterocycles. The van der Waals surface area contributed by atoms with Crippen LogP contribution >= 0.6 is 0 Å². The Kier molecular flexibility index (Phi) is 3.94. The van der Waals surface area contributed by atoms with Gasteiger partial charge in [-0.15, -0.1) is 0 Å². The molecule has 0 spiro atoms. The zero-order valence-corrected chi connectivity index (χ0v) is 10.3. The van der Waals surface area contributed by atoms with Crippen LogP contribution in [0.3, 0.4) is 0 Å². The van der Waals surface area contributed by atoms with Crippen LogP contribution in [0.1, 0.15) is 24.9 Å². The minimum Gasteiger partial charge on any atom is -0.355 e. The largest absolute Gasteiger partial charge is 0.355 e. The van der Waals surface area contributed by atoms with E-state index in [2.05, 4.69) is 16.0 Å². The molecule has 0 saturated carbocycles. The third-order valence-electron chi connectivity index (χ3n) is 2.83. The van der Waals surface area contributed by atoms with E-state index in [9.17, 15) is 9.59 Å². The van der Waals surface area contributed by atoms with E-state index >= 15 is 0 Å². The highest BCUT2D eigenvalue weighted by molar-refractivity contribution is 6.02. The summed E-state index contributed by atoms with van der Waals surface area (Å²) in [5, 5.41) is 8.52. The summed E-state index contributed by atoms with van der Waals surface area (Å²) in [7, 11) is 0. The molecule has 1 aromatic rings. The Labute approximate surface area is 106 Å². The third-order valence-corrected chi connectivity index (χ3v) is 2.83. The van der Waals surface area contributed by atoms with Crippen molar-refractivity contribution < 1.29 is 9.59 Å². The number of hydrogen-bond donors (Lipinski definition) is 3. The van der Waals surface area contributed by atoms with Crippen LogP contribution in [0.5, 0.6) is 0 Å². The van der Waals surface area contributed by atoms with Crippen molar-refractivity contribution >= 4 is 17.5 Å². The van der Waals surface area contributed by atoms with E-state index in [4.69, 9.17) is 0 Å². The molecule has 0 bridgehead atoms. The molecule has 1 atom stereocenters. The van der Waals surface area contributed by atoms with Gasteiger partial charge in [0.15, 0.2) is 0 Å². The predicted molar refractivity (Wildman–Crippen MR) is 69.1 cm³/mol. The second kappa shape index (κ2) is 5.64. The molecular formula is C13H17N3O2. The fraction of sp³-hybridized carbons (Fsp3) is 0.385. The molecule has 5 nitrogen and oxygen atoms in total. The first-order valence-corrected chi connectivity index (χ1v) is 6.12. The maximum atomic E-state index is 11.8. The van der Waals surface area contributed by atoms with Gasteiger partial charge in [-0.3, -0.25) is 14.9 Å².